The van der Waals surface area contributed by atoms with Crippen LogP contribution in [0, 0.1) is 0 Å². The summed E-state index contributed by atoms with van der Waals surface area (Å²) in [6.45, 7) is 0.391. The Balaban J connectivity index is 1.74. The lowest BCUT2D eigenvalue weighted by Crippen LogP contribution is -2.46. The second kappa shape index (κ2) is 7.26. The molecule has 0 aromatic heterocycles. The highest BCUT2D eigenvalue weighted by atomic mass is 16.5. The highest BCUT2D eigenvalue weighted by Gasteiger charge is 2.31. The van der Waals surface area contributed by atoms with Crippen molar-refractivity contribution in [3.05, 3.63) is 29.8 Å². The molecule has 0 saturated heterocycles. The first-order valence-electron chi connectivity index (χ1n) is 7.44. The van der Waals surface area contributed by atoms with E-state index in [0.717, 1.165) is 24.2 Å². The van der Waals surface area contributed by atoms with E-state index in [4.69, 9.17) is 4.74 Å². The van der Waals surface area contributed by atoms with Gasteiger partial charge in [0.15, 0.2) is 0 Å². The summed E-state index contributed by atoms with van der Waals surface area (Å²) in [5, 5.41) is 15.2. The van der Waals surface area contributed by atoms with Crippen molar-refractivity contribution in [1.82, 2.24) is 10.6 Å². The number of benzene rings is 1. The number of carbonyl (C=O) groups excluding carboxylic acids is 2. The van der Waals surface area contributed by atoms with Gasteiger partial charge in [0.2, 0.25) is 0 Å². The van der Waals surface area contributed by atoms with Gasteiger partial charge in [0, 0.05) is 13.1 Å². The predicted octanol–water partition coefficient (Wildman–Crippen LogP) is 0.733. The van der Waals surface area contributed by atoms with E-state index in [1.165, 1.54) is 0 Å². The molecule has 1 aromatic carbocycles. The van der Waals surface area contributed by atoms with E-state index in [0.29, 0.717) is 12.8 Å². The Morgan fingerprint density at radius 3 is 2.32 bits per heavy atom. The van der Waals surface area contributed by atoms with Crippen molar-refractivity contribution in [1.29, 1.82) is 0 Å². The molecule has 6 heteroatoms. The average molecular weight is 306 g/mol. The largest absolute Gasteiger partial charge is 0.497 e. The topological polar surface area (TPSA) is 87.7 Å². The minimum absolute atomic E-state index is 0.127. The third-order valence-electron chi connectivity index (χ3n) is 3.93. The molecule has 0 aliphatic heterocycles. The van der Waals surface area contributed by atoms with Crippen LogP contribution in [0.4, 0.5) is 0 Å². The van der Waals surface area contributed by atoms with Gasteiger partial charge < -0.3 is 20.5 Å². The molecule has 1 aromatic rings. The fraction of sp³-hybridized carbons (Fsp3) is 0.500. The van der Waals surface area contributed by atoms with E-state index in [-0.39, 0.29) is 13.1 Å². The Labute approximate surface area is 129 Å². The Morgan fingerprint density at radius 2 is 1.73 bits per heavy atom. The van der Waals surface area contributed by atoms with Gasteiger partial charge in [0.05, 0.1) is 12.7 Å². The molecule has 0 unspecified atom stereocenters. The van der Waals surface area contributed by atoms with Gasteiger partial charge in [-0.2, -0.15) is 0 Å². The van der Waals surface area contributed by atoms with Crippen LogP contribution in [0.5, 0.6) is 5.75 Å². The number of aliphatic hydroxyl groups is 1. The zero-order valence-corrected chi connectivity index (χ0v) is 12.7. The van der Waals surface area contributed by atoms with Crippen LogP contribution in [0.25, 0.3) is 0 Å². The van der Waals surface area contributed by atoms with E-state index in [1.54, 1.807) is 19.2 Å². The molecular formula is C16H22N2O4. The van der Waals surface area contributed by atoms with Gasteiger partial charge in [0.1, 0.15) is 5.75 Å². The van der Waals surface area contributed by atoms with Gasteiger partial charge in [-0.05, 0) is 30.5 Å². The van der Waals surface area contributed by atoms with E-state index >= 15 is 0 Å². The van der Waals surface area contributed by atoms with Gasteiger partial charge in [-0.3, -0.25) is 9.59 Å². The van der Waals surface area contributed by atoms with Gasteiger partial charge in [0.25, 0.3) is 0 Å². The van der Waals surface area contributed by atoms with E-state index in [1.807, 2.05) is 12.1 Å². The Morgan fingerprint density at radius 1 is 1.14 bits per heavy atom. The third kappa shape index (κ3) is 4.46. The summed E-state index contributed by atoms with van der Waals surface area (Å²) in [6, 6.07) is 7.21. The summed E-state index contributed by atoms with van der Waals surface area (Å²) in [7, 11) is 1.58. The van der Waals surface area contributed by atoms with Crippen LogP contribution in [0.2, 0.25) is 0 Å². The molecule has 1 saturated carbocycles. The van der Waals surface area contributed by atoms with Crippen molar-refractivity contribution in [3.8, 4) is 5.75 Å². The smallest absolute Gasteiger partial charge is 0.309 e. The standard InChI is InChI=1S/C16H22N2O4/c1-22-13-6-4-12(5-7-13)10-17-14(19)15(20)18-11-16(21)8-2-3-9-16/h4-7,21H,2-3,8-11H2,1H3,(H,17,19)(H,18,20). The maximum absolute atomic E-state index is 11.7. The van der Waals surface area contributed by atoms with Gasteiger partial charge in [-0.15, -0.1) is 0 Å². The quantitative estimate of drug-likeness (QED) is 0.700. The Bertz CT molecular complexity index is 521. The summed E-state index contributed by atoms with van der Waals surface area (Å²) in [5.41, 5.74) is 0.0164. The monoisotopic (exact) mass is 306 g/mol. The minimum atomic E-state index is -0.855. The predicted molar refractivity (Wildman–Crippen MR) is 81.3 cm³/mol. The van der Waals surface area contributed by atoms with Crippen molar-refractivity contribution >= 4 is 11.8 Å². The number of rotatable bonds is 5. The zero-order chi connectivity index (χ0) is 16.0. The molecule has 1 fully saturated rings. The molecule has 0 bridgehead atoms. The van der Waals surface area contributed by atoms with Crippen LogP contribution in [-0.4, -0.2) is 36.2 Å². The molecule has 2 rings (SSSR count). The summed E-state index contributed by atoms with van der Waals surface area (Å²) in [5.74, 6) is -0.677. The lowest BCUT2D eigenvalue weighted by molar-refractivity contribution is -0.139. The number of nitrogens with one attached hydrogen (secondary N) is 2. The molecule has 0 atom stereocenters. The van der Waals surface area contributed by atoms with Gasteiger partial charge >= 0.3 is 11.8 Å². The molecule has 0 radical (unpaired) electrons. The van der Waals surface area contributed by atoms with Crippen molar-refractivity contribution in [2.45, 2.75) is 37.8 Å². The molecule has 120 valence electrons. The number of hydrogen-bond acceptors (Lipinski definition) is 4. The summed E-state index contributed by atoms with van der Waals surface area (Å²) < 4.78 is 5.05. The normalized spacial score (nSPS) is 16.1. The zero-order valence-electron chi connectivity index (χ0n) is 12.7. The van der Waals surface area contributed by atoms with Crippen molar-refractivity contribution in [2.24, 2.45) is 0 Å². The summed E-state index contributed by atoms with van der Waals surface area (Å²) >= 11 is 0. The maximum Gasteiger partial charge on any atom is 0.309 e. The van der Waals surface area contributed by atoms with Crippen molar-refractivity contribution < 1.29 is 19.4 Å². The number of ether oxygens (including phenoxy) is 1. The SMILES string of the molecule is COc1ccc(CNC(=O)C(=O)NCC2(O)CCCC2)cc1. The van der Waals surface area contributed by atoms with E-state index in [9.17, 15) is 14.7 Å². The minimum Gasteiger partial charge on any atom is -0.497 e. The Kier molecular flexibility index (Phi) is 5.38. The second-order valence-electron chi connectivity index (χ2n) is 5.64. The number of hydrogen-bond donors (Lipinski definition) is 3. The summed E-state index contributed by atoms with van der Waals surface area (Å²) in [4.78, 5) is 23.4. The van der Waals surface area contributed by atoms with Crippen LogP contribution < -0.4 is 15.4 Å². The van der Waals surface area contributed by atoms with Gasteiger partial charge in [-0.1, -0.05) is 25.0 Å². The summed E-state index contributed by atoms with van der Waals surface area (Å²) in [6.07, 6.45) is 3.24. The molecule has 1 aliphatic rings. The Hall–Kier alpha value is -2.08. The van der Waals surface area contributed by atoms with Crippen molar-refractivity contribution in [3.63, 3.8) is 0 Å². The maximum atomic E-state index is 11.7. The highest BCUT2D eigenvalue weighted by Crippen LogP contribution is 2.28. The second-order valence-corrected chi connectivity index (χ2v) is 5.64. The van der Waals surface area contributed by atoms with Crippen LogP contribution in [0.1, 0.15) is 31.2 Å². The molecule has 22 heavy (non-hydrogen) atoms. The fourth-order valence-electron chi connectivity index (χ4n) is 2.54. The van der Waals surface area contributed by atoms with Crippen LogP contribution in [-0.2, 0) is 16.1 Å². The molecule has 1 aliphatic carbocycles. The van der Waals surface area contributed by atoms with E-state index in [2.05, 4.69) is 10.6 Å². The lowest BCUT2D eigenvalue weighted by Gasteiger charge is -2.22. The molecule has 0 spiro atoms. The number of methoxy groups -OCH3 is 1. The molecule has 0 heterocycles. The first kappa shape index (κ1) is 16.3. The molecule has 3 N–H and O–H groups in total. The fourth-order valence-corrected chi connectivity index (χ4v) is 2.54. The molecular weight excluding hydrogens is 284 g/mol. The number of carbonyl (C=O) groups is 2. The highest BCUT2D eigenvalue weighted by molar-refractivity contribution is 6.35. The van der Waals surface area contributed by atoms with Crippen LogP contribution >= 0.6 is 0 Å². The van der Waals surface area contributed by atoms with Crippen LogP contribution in [0.3, 0.4) is 0 Å². The lowest BCUT2D eigenvalue weighted by atomic mass is 10.0. The first-order valence-corrected chi connectivity index (χ1v) is 7.44. The van der Waals surface area contributed by atoms with Crippen molar-refractivity contribution in [2.75, 3.05) is 13.7 Å². The third-order valence-corrected chi connectivity index (χ3v) is 3.93. The molecule has 6 nitrogen and oxygen atoms in total. The number of amides is 2. The first-order chi connectivity index (χ1) is 10.5. The van der Waals surface area contributed by atoms with Gasteiger partial charge in [-0.25, -0.2) is 0 Å². The average Bonchev–Trinajstić information content (AvgIpc) is 2.98. The molecule has 2 amide bonds. The van der Waals surface area contributed by atoms with Crippen LogP contribution in [0.15, 0.2) is 24.3 Å². The van der Waals surface area contributed by atoms with E-state index < -0.39 is 17.4 Å².